The van der Waals surface area contributed by atoms with Crippen LogP contribution in [-0.2, 0) is 6.18 Å². The smallest absolute Gasteiger partial charge is 0.396 e. The number of benzene rings is 2. The predicted molar refractivity (Wildman–Crippen MR) is 122 cm³/mol. The Labute approximate surface area is 203 Å². The van der Waals surface area contributed by atoms with Gasteiger partial charge < -0.3 is 16.0 Å². The standard InChI is InChI=1S/C23H13ClF5N5O2/c24-16-7-15(13-2-1-11(25)5-14(13)10-8-32-22(36)33-9-10)19(26)20(30)18(16)21(35)34-12-3-4-31-17(6-12)23(27,28)29/h1-9H,30H2,(H,31,34,35)(H,32,33,36). The monoisotopic (exact) mass is 521 g/mol. The maximum Gasteiger partial charge on any atom is 0.433 e. The lowest BCUT2D eigenvalue weighted by atomic mass is 9.94. The largest absolute Gasteiger partial charge is 0.433 e. The molecule has 0 atom stereocenters. The number of amides is 1. The lowest BCUT2D eigenvalue weighted by molar-refractivity contribution is -0.141. The molecule has 2 aromatic carbocycles. The molecule has 2 heterocycles. The van der Waals surface area contributed by atoms with Crippen molar-refractivity contribution in [3.63, 3.8) is 0 Å². The molecule has 2 aromatic heterocycles. The van der Waals surface area contributed by atoms with Crippen LogP contribution < -0.4 is 16.7 Å². The highest BCUT2D eigenvalue weighted by molar-refractivity contribution is 6.35. The second-order valence-electron chi connectivity index (χ2n) is 7.39. The van der Waals surface area contributed by atoms with E-state index in [4.69, 9.17) is 17.3 Å². The highest BCUT2D eigenvalue weighted by Crippen LogP contribution is 2.39. The van der Waals surface area contributed by atoms with E-state index in [0.29, 0.717) is 6.07 Å². The van der Waals surface area contributed by atoms with Crippen molar-refractivity contribution in [2.45, 2.75) is 6.18 Å². The van der Waals surface area contributed by atoms with Gasteiger partial charge in [-0.05, 0) is 41.5 Å². The van der Waals surface area contributed by atoms with Gasteiger partial charge in [-0.3, -0.25) is 9.78 Å². The molecule has 4 rings (SSSR count). The van der Waals surface area contributed by atoms with Crippen molar-refractivity contribution < 1.29 is 26.7 Å². The Kier molecular flexibility index (Phi) is 6.46. The summed E-state index contributed by atoms with van der Waals surface area (Å²) in [6.07, 6.45) is -1.50. The van der Waals surface area contributed by atoms with Crippen molar-refractivity contribution in [2.75, 3.05) is 11.1 Å². The maximum absolute atomic E-state index is 15.4. The quantitative estimate of drug-likeness (QED) is 0.250. The van der Waals surface area contributed by atoms with Gasteiger partial charge in [0.2, 0.25) is 0 Å². The summed E-state index contributed by atoms with van der Waals surface area (Å²) in [6, 6.07) is 6.16. The summed E-state index contributed by atoms with van der Waals surface area (Å²) >= 11 is 6.24. The third-order valence-electron chi connectivity index (χ3n) is 5.04. The van der Waals surface area contributed by atoms with E-state index in [1.54, 1.807) is 0 Å². The minimum Gasteiger partial charge on any atom is -0.396 e. The first-order chi connectivity index (χ1) is 17.0. The summed E-state index contributed by atoms with van der Waals surface area (Å²) in [6.45, 7) is 0. The van der Waals surface area contributed by atoms with E-state index in [0.717, 1.165) is 36.7 Å². The van der Waals surface area contributed by atoms with Gasteiger partial charge in [-0.25, -0.2) is 18.6 Å². The number of anilines is 2. The number of rotatable bonds is 4. The molecule has 4 N–H and O–H groups in total. The van der Waals surface area contributed by atoms with Crippen LogP contribution in [-0.4, -0.2) is 20.9 Å². The number of nitrogens with one attached hydrogen (secondary N) is 2. The van der Waals surface area contributed by atoms with E-state index in [-0.39, 0.29) is 33.0 Å². The molecule has 0 unspecified atom stereocenters. The first-order valence-corrected chi connectivity index (χ1v) is 10.3. The van der Waals surface area contributed by atoms with Crippen LogP contribution in [0.2, 0.25) is 5.02 Å². The minimum absolute atomic E-state index is 0.118. The number of aromatic amines is 1. The number of nitrogen functional groups attached to an aromatic ring is 1. The number of nitrogens with two attached hydrogens (primary N) is 1. The van der Waals surface area contributed by atoms with Gasteiger partial charge in [0.05, 0.1) is 16.3 Å². The van der Waals surface area contributed by atoms with Gasteiger partial charge in [0, 0.05) is 35.4 Å². The number of carbonyl (C=O) groups excluding carboxylic acids is 1. The first kappa shape index (κ1) is 24.8. The van der Waals surface area contributed by atoms with Crippen molar-refractivity contribution in [1.29, 1.82) is 0 Å². The van der Waals surface area contributed by atoms with Crippen LogP contribution in [0.4, 0.5) is 33.3 Å². The lowest BCUT2D eigenvalue weighted by Gasteiger charge is -2.16. The summed E-state index contributed by atoms with van der Waals surface area (Å²) in [5.74, 6) is -2.81. The molecular formula is C23H13ClF5N5O2. The van der Waals surface area contributed by atoms with Crippen molar-refractivity contribution in [3.8, 4) is 22.3 Å². The molecule has 0 saturated heterocycles. The summed E-state index contributed by atoms with van der Waals surface area (Å²) in [5.41, 5.74) is 2.81. The molecule has 0 radical (unpaired) electrons. The number of carbonyl (C=O) groups is 1. The topological polar surface area (TPSA) is 114 Å². The van der Waals surface area contributed by atoms with E-state index < -0.39 is 46.4 Å². The average molecular weight is 522 g/mol. The molecule has 13 heteroatoms. The molecule has 1 amide bonds. The Morgan fingerprint density at radius 1 is 1.03 bits per heavy atom. The number of alkyl halides is 3. The fourth-order valence-corrected chi connectivity index (χ4v) is 3.71. The molecule has 0 aliphatic carbocycles. The van der Waals surface area contributed by atoms with Gasteiger partial charge in [-0.15, -0.1) is 0 Å². The average Bonchev–Trinajstić information content (AvgIpc) is 2.82. The number of pyridine rings is 1. The van der Waals surface area contributed by atoms with Crippen molar-refractivity contribution in [1.82, 2.24) is 15.0 Å². The van der Waals surface area contributed by atoms with Crippen LogP contribution in [0.3, 0.4) is 0 Å². The molecular weight excluding hydrogens is 509 g/mol. The molecule has 0 spiro atoms. The zero-order valence-corrected chi connectivity index (χ0v) is 18.5. The number of hydrogen-bond acceptors (Lipinski definition) is 5. The fraction of sp³-hybridized carbons (Fsp3) is 0.0435. The normalized spacial score (nSPS) is 11.4. The zero-order valence-electron chi connectivity index (χ0n) is 17.8. The minimum atomic E-state index is -4.75. The fourth-order valence-electron chi connectivity index (χ4n) is 3.41. The number of halogens is 6. The van der Waals surface area contributed by atoms with Crippen LogP contribution >= 0.6 is 11.6 Å². The molecule has 0 aliphatic heterocycles. The second-order valence-corrected chi connectivity index (χ2v) is 7.79. The SMILES string of the molecule is Nc1c(F)c(-c2ccc(F)cc2-c2cnc(=O)[nH]c2)cc(Cl)c1C(=O)Nc1ccnc(C(F)(F)F)c1. The summed E-state index contributed by atoms with van der Waals surface area (Å²) in [7, 11) is 0. The number of nitrogens with zero attached hydrogens (tertiary/aromatic N) is 2. The predicted octanol–water partition coefficient (Wildman–Crippen LogP) is 5.28. The lowest BCUT2D eigenvalue weighted by Crippen LogP contribution is -2.17. The van der Waals surface area contributed by atoms with Gasteiger partial charge >= 0.3 is 11.9 Å². The molecule has 0 fully saturated rings. The Morgan fingerprint density at radius 2 is 1.78 bits per heavy atom. The van der Waals surface area contributed by atoms with Crippen molar-refractivity contribution in [3.05, 3.63) is 93.4 Å². The molecule has 36 heavy (non-hydrogen) atoms. The van der Waals surface area contributed by atoms with Crippen LogP contribution in [0, 0.1) is 11.6 Å². The maximum atomic E-state index is 15.4. The molecule has 0 aliphatic rings. The molecule has 0 bridgehead atoms. The van der Waals surface area contributed by atoms with E-state index in [1.165, 1.54) is 12.3 Å². The van der Waals surface area contributed by atoms with E-state index in [9.17, 15) is 27.2 Å². The highest BCUT2D eigenvalue weighted by atomic mass is 35.5. The van der Waals surface area contributed by atoms with Crippen LogP contribution in [0.25, 0.3) is 22.3 Å². The summed E-state index contributed by atoms with van der Waals surface area (Å²) in [4.78, 5) is 33.1. The number of hydrogen-bond donors (Lipinski definition) is 3. The Hall–Kier alpha value is -4.32. The van der Waals surface area contributed by atoms with Gasteiger partial charge in [-0.1, -0.05) is 17.7 Å². The van der Waals surface area contributed by atoms with E-state index >= 15 is 4.39 Å². The highest BCUT2D eigenvalue weighted by Gasteiger charge is 2.33. The Balaban J connectivity index is 1.76. The molecule has 4 aromatic rings. The molecule has 7 nitrogen and oxygen atoms in total. The summed E-state index contributed by atoms with van der Waals surface area (Å²) in [5, 5.41) is 1.87. The zero-order chi connectivity index (χ0) is 26.2. The van der Waals surface area contributed by atoms with Gasteiger partial charge in [0.25, 0.3) is 5.91 Å². The second kappa shape index (κ2) is 9.38. The third-order valence-corrected chi connectivity index (χ3v) is 5.34. The van der Waals surface area contributed by atoms with Gasteiger partial charge in [-0.2, -0.15) is 13.2 Å². The van der Waals surface area contributed by atoms with Gasteiger partial charge in [0.1, 0.15) is 11.5 Å². The molecule has 184 valence electrons. The van der Waals surface area contributed by atoms with Gasteiger partial charge in [0.15, 0.2) is 5.82 Å². The first-order valence-electron chi connectivity index (χ1n) is 9.93. The van der Waals surface area contributed by atoms with Crippen LogP contribution in [0.5, 0.6) is 0 Å². The van der Waals surface area contributed by atoms with Crippen LogP contribution in [0.15, 0.2) is 59.8 Å². The van der Waals surface area contributed by atoms with E-state index in [2.05, 4.69) is 20.3 Å². The summed E-state index contributed by atoms with van der Waals surface area (Å²) < 4.78 is 68.1. The van der Waals surface area contributed by atoms with Crippen molar-refractivity contribution >= 4 is 28.9 Å². The Morgan fingerprint density at radius 3 is 2.44 bits per heavy atom. The molecule has 0 saturated carbocycles. The van der Waals surface area contributed by atoms with Crippen LogP contribution in [0.1, 0.15) is 16.1 Å². The number of aromatic nitrogens is 3. The third kappa shape index (κ3) is 4.89. The Bertz CT molecular complexity index is 1530. The van der Waals surface area contributed by atoms with Crippen molar-refractivity contribution in [2.24, 2.45) is 0 Å². The van der Waals surface area contributed by atoms with E-state index in [1.807, 2.05) is 0 Å². The number of H-pyrrole nitrogens is 1.